The van der Waals surface area contributed by atoms with E-state index in [4.69, 9.17) is 11.6 Å². The Morgan fingerprint density at radius 2 is 1.72 bits per heavy atom. The molecule has 0 bridgehead atoms. The van der Waals surface area contributed by atoms with E-state index in [-0.39, 0.29) is 17.5 Å². The molecule has 1 saturated carbocycles. The fraction of sp³-hybridized carbons (Fsp3) is 0.458. The molecule has 1 aliphatic rings. The van der Waals surface area contributed by atoms with Crippen LogP contribution in [-0.2, 0) is 17.0 Å². The maximum atomic E-state index is 12.4. The van der Waals surface area contributed by atoms with Gasteiger partial charge in [-0.25, -0.2) is 0 Å². The number of amides is 1. The van der Waals surface area contributed by atoms with E-state index in [1.807, 2.05) is 30.3 Å². The Kier molecular flexibility index (Phi) is 8.05. The molecule has 0 heterocycles. The molecule has 1 amide bonds. The number of rotatable bonds is 8. The highest BCUT2D eigenvalue weighted by atomic mass is 35.5. The molecule has 0 unspecified atom stereocenters. The summed E-state index contributed by atoms with van der Waals surface area (Å²) in [5.74, 6) is 1.56. The Bertz CT molecular complexity index is 771. The van der Waals surface area contributed by atoms with Crippen molar-refractivity contribution in [3.63, 3.8) is 0 Å². The van der Waals surface area contributed by atoms with Gasteiger partial charge in [-0.3, -0.25) is 4.79 Å². The van der Waals surface area contributed by atoms with Gasteiger partial charge in [0.05, 0.1) is 5.75 Å². The molecule has 2 aromatic rings. The number of nitrogens with one attached hydrogen (secondary N) is 1. The fourth-order valence-corrected chi connectivity index (χ4v) is 5.09. The molecule has 29 heavy (non-hydrogen) atoms. The molecule has 2 aromatic carbocycles. The number of benzene rings is 2. The van der Waals surface area contributed by atoms with E-state index in [9.17, 15) is 4.79 Å². The topological polar surface area (TPSA) is 32.3 Å². The number of hydrogen-bond acceptors (Lipinski definition) is 3. The van der Waals surface area contributed by atoms with Crippen LogP contribution in [0.5, 0.6) is 0 Å². The Hall–Kier alpha value is -1.49. The number of thioether (sulfide) groups is 1. The molecule has 156 valence electrons. The molecule has 3 rings (SSSR count). The standard InChI is InChI=1S/C24H31ClN2OS/c1-27(2)24(16-19-8-10-21(25)11-9-19)14-12-22(13-15-24)26-23(28)18-29-17-20-6-4-3-5-7-20/h3-11,22H,12-18H2,1-2H3,(H,26,28). The fourth-order valence-electron chi connectivity index (χ4n) is 4.17. The van der Waals surface area contributed by atoms with Crippen LogP contribution >= 0.6 is 23.4 Å². The summed E-state index contributed by atoms with van der Waals surface area (Å²) in [5.41, 5.74) is 2.74. The van der Waals surface area contributed by atoms with Gasteiger partial charge < -0.3 is 10.2 Å². The summed E-state index contributed by atoms with van der Waals surface area (Å²) >= 11 is 7.72. The number of nitrogens with zero attached hydrogens (tertiary/aromatic N) is 1. The molecule has 1 fully saturated rings. The summed E-state index contributed by atoms with van der Waals surface area (Å²) in [6.45, 7) is 0. The third-order valence-electron chi connectivity index (χ3n) is 6.02. The van der Waals surface area contributed by atoms with Gasteiger partial charge in [0, 0.05) is 22.4 Å². The van der Waals surface area contributed by atoms with Crippen LogP contribution in [-0.4, -0.2) is 42.2 Å². The Balaban J connectivity index is 1.46. The zero-order valence-corrected chi connectivity index (χ0v) is 18.9. The predicted molar refractivity (Wildman–Crippen MR) is 125 cm³/mol. The molecule has 5 heteroatoms. The highest BCUT2D eigenvalue weighted by Gasteiger charge is 2.37. The minimum Gasteiger partial charge on any atom is -0.353 e. The molecule has 3 nitrogen and oxygen atoms in total. The van der Waals surface area contributed by atoms with Crippen LogP contribution in [0.1, 0.15) is 36.8 Å². The Labute approximate surface area is 184 Å². The van der Waals surface area contributed by atoms with Gasteiger partial charge in [-0.1, -0.05) is 54.1 Å². The summed E-state index contributed by atoms with van der Waals surface area (Å²) in [4.78, 5) is 14.7. The average molecular weight is 431 g/mol. The van der Waals surface area contributed by atoms with Gasteiger partial charge in [0.15, 0.2) is 0 Å². The van der Waals surface area contributed by atoms with Crippen molar-refractivity contribution >= 4 is 29.3 Å². The van der Waals surface area contributed by atoms with Crippen molar-refractivity contribution in [1.82, 2.24) is 10.2 Å². The maximum absolute atomic E-state index is 12.4. The van der Waals surface area contributed by atoms with Crippen molar-refractivity contribution in [3.05, 3.63) is 70.7 Å². The lowest BCUT2D eigenvalue weighted by atomic mass is 9.75. The normalized spacial score (nSPS) is 21.9. The van der Waals surface area contributed by atoms with E-state index in [1.54, 1.807) is 11.8 Å². The average Bonchev–Trinajstić information content (AvgIpc) is 2.72. The highest BCUT2D eigenvalue weighted by molar-refractivity contribution is 7.99. The minimum absolute atomic E-state index is 0.150. The molecule has 0 atom stereocenters. The zero-order chi connectivity index (χ0) is 20.7. The van der Waals surface area contributed by atoms with Gasteiger partial charge in [0.2, 0.25) is 5.91 Å². The maximum Gasteiger partial charge on any atom is 0.230 e. The van der Waals surface area contributed by atoms with E-state index in [2.05, 4.69) is 48.6 Å². The van der Waals surface area contributed by atoms with Gasteiger partial charge >= 0.3 is 0 Å². The second-order valence-electron chi connectivity index (χ2n) is 8.24. The molecule has 0 saturated heterocycles. The van der Waals surface area contributed by atoms with Gasteiger partial charge in [0.25, 0.3) is 0 Å². The van der Waals surface area contributed by atoms with Gasteiger partial charge in [-0.15, -0.1) is 11.8 Å². The van der Waals surface area contributed by atoms with E-state index >= 15 is 0 Å². The zero-order valence-electron chi connectivity index (χ0n) is 17.4. The van der Waals surface area contributed by atoms with Crippen LogP contribution < -0.4 is 5.32 Å². The van der Waals surface area contributed by atoms with Crippen molar-refractivity contribution < 1.29 is 4.79 Å². The molecule has 0 spiro atoms. The summed E-state index contributed by atoms with van der Waals surface area (Å²) in [6, 6.07) is 18.8. The lowest BCUT2D eigenvalue weighted by molar-refractivity contribution is -0.119. The van der Waals surface area contributed by atoms with Crippen LogP contribution in [0, 0.1) is 0 Å². The molecular weight excluding hydrogens is 400 g/mol. The first-order chi connectivity index (χ1) is 14.0. The summed E-state index contributed by atoms with van der Waals surface area (Å²) in [5, 5.41) is 4.04. The van der Waals surface area contributed by atoms with Crippen LogP contribution in [0.3, 0.4) is 0 Å². The highest BCUT2D eigenvalue weighted by Crippen LogP contribution is 2.35. The van der Waals surface area contributed by atoms with E-state index in [0.717, 1.165) is 42.9 Å². The number of hydrogen-bond donors (Lipinski definition) is 1. The summed E-state index contributed by atoms with van der Waals surface area (Å²) < 4.78 is 0. The van der Waals surface area contributed by atoms with Crippen LogP contribution in [0.2, 0.25) is 5.02 Å². The Morgan fingerprint density at radius 1 is 1.07 bits per heavy atom. The van der Waals surface area contributed by atoms with Gasteiger partial charge in [0.1, 0.15) is 0 Å². The first kappa shape index (κ1) is 22.2. The quantitative estimate of drug-likeness (QED) is 0.626. The number of carbonyl (C=O) groups excluding carboxylic acids is 1. The van der Waals surface area contributed by atoms with Crippen LogP contribution in [0.4, 0.5) is 0 Å². The minimum atomic E-state index is 0.150. The van der Waals surface area contributed by atoms with E-state index < -0.39 is 0 Å². The van der Waals surface area contributed by atoms with Gasteiger partial charge in [-0.05, 0) is 69.5 Å². The molecule has 1 aliphatic carbocycles. The number of likely N-dealkylation sites (N-methyl/N-ethyl adjacent to an activating group) is 1. The number of carbonyl (C=O) groups is 1. The smallest absolute Gasteiger partial charge is 0.230 e. The summed E-state index contributed by atoms with van der Waals surface area (Å²) in [7, 11) is 4.35. The van der Waals surface area contributed by atoms with Crippen molar-refractivity contribution in [1.29, 1.82) is 0 Å². The SMILES string of the molecule is CN(C)C1(Cc2ccc(Cl)cc2)CCC(NC(=O)CSCc2ccccc2)CC1. The van der Waals surface area contributed by atoms with Crippen molar-refractivity contribution in [2.75, 3.05) is 19.8 Å². The van der Waals surface area contributed by atoms with Crippen LogP contribution in [0.15, 0.2) is 54.6 Å². The first-order valence-corrected chi connectivity index (χ1v) is 11.8. The second-order valence-corrected chi connectivity index (χ2v) is 9.66. The summed E-state index contributed by atoms with van der Waals surface area (Å²) in [6.07, 6.45) is 5.25. The largest absolute Gasteiger partial charge is 0.353 e. The monoisotopic (exact) mass is 430 g/mol. The second kappa shape index (κ2) is 10.5. The van der Waals surface area contributed by atoms with E-state index in [1.165, 1.54) is 11.1 Å². The molecular formula is C24H31ClN2OS. The van der Waals surface area contributed by atoms with Crippen molar-refractivity contribution in [2.24, 2.45) is 0 Å². The van der Waals surface area contributed by atoms with Crippen LogP contribution in [0.25, 0.3) is 0 Å². The predicted octanol–water partition coefficient (Wildman–Crippen LogP) is 5.18. The van der Waals surface area contributed by atoms with E-state index in [0.29, 0.717) is 5.75 Å². The number of halogens is 1. The van der Waals surface area contributed by atoms with Crippen molar-refractivity contribution in [3.8, 4) is 0 Å². The first-order valence-electron chi connectivity index (χ1n) is 10.3. The third kappa shape index (κ3) is 6.50. The van der Waals surface area contributed by atoms with Crippen molar-refractivity contribution in [2.45, 2.75) is 49.4 Å². The molecule has 0 radical (unpaired) electrons. The molecule has 0 aliphatic heterocycles. The third-order valence-corrected chi connectivity index (χ3v) is 7.28. The molecule has 1 N–H and O–H groups in total. The van der Waals surface area contributed by atoms with Gasteiger partial charge in [-0.2, -0.15) is 0 Å². The molecule has 0 aromatic heterocycles. The lowest BCUT2D eigenvalue weighted by Gasteiger charge is -2.45. The lowest BCUT2D eigenvalue weighted by Crippen LogP contribution is -2.52. The Morgan fingerprint density at radius 3 is 2.34 bits per heavy atom.